The normalized spacial score (nSPS) is 22.2. The van der Waals surface area contributed by atoms with Crippen LogP contribution in [0.4, 0.5) is 11.4 Å². The lowest BCUT2D eigenvalue weighted by atomic mass is 10.1. The number of halogens is 4. The maximum atomic E-state index is 13.6. The van der Waals surface area contributed by atoms with Crippen molar-refractivity contribution in [2.75, 3.05) is 55.8 Å². The first-order valence-corrected chi connectivity index (χ1v) is 22.3. The van der Waals surface area contributed by atoms with Crippen LogP contribution in [0.2, 0.25) is 20.1 Å². The van der Waals surface area contributed by atoms with Crippen LogP contribution in [-0.2, 0) is 50.2 Å². The van der Waals surface area contributed by atoms with E-state index in [9.17, 15) is 4.79 Å². The maximum absolute atomic E-state index is 13.6. The number of anilines is 2. The van der Waals surface area contributed by atoms with E-state index in [-0.39, 0.29) is 44.6 Å². The fraction of sp³-hybridized carbons (Fsp3) is 0.318. The summed E-state index contributed by atoms with van der Waals surface area (Å²) in [6, 6.07) is 26.4. The zero-order valence-corrected chi connectivity index (χ0v) is 37.6. The van der Waals surface area contributed by atoms with Gasteiger partial charge in [-0.25, -0.2) is 33.4 Å². The van der Waals surface area contributed by atoms with Crippen molar-refractivity contribution in [1.82, 2.24) is 43.9 Å². The first-order valence-electron chi connectivity index (χ1n) is 20.8. The topological polar surface area (TPSA) is 154 Å². The molecule has 3 aromatic heterocycles. The van der Waals surface area contributed by atoms with Gasteiger partial charge in [-0.05, 0) is 72.8 Å². The Morgan fingerprint density at radius 3 is 1.65 bits per heavy atom. The predicted octanol–water partition coefficient (Wildman–Crippen LogP) is 6.47. The minimum atomic E-state index is -1.28. The summed E-state index contributed by atoms with van der Waals surface area (Å²) in [6.45, 7) is 4.68. The summed E-state index contributed by atoms with van der Waals surface area (Å²) in [6.07, 6.45) is 6.71. The second kappa shape index (κ2) is 18.4. The second-order valence-electron chi connectivity index (χ2n) is 15.8. The molecule has 21 heteroatoms. The van der Waals surface area contributed by atoms with Crippen molar-refractivity contribution < 1.29 is 23.7 Å². The Bertz CT molecular complexity index is 2790. The van der Waals surface area contributed by atoms with Gasteiger partial charge < -0.3 is 33.5 Å². The minimum Gasteiger partial charge on any atom is -0.491 e. The molecule has 65 heavy (non-hydrogen) atoms. The molecule has 6 heterocycles. The van der Waals surface area contributed by atoms with Crippen LogP contribution in [0.5, 0.6) is 5.75 Å². The Hall–Kier alpha value is -5.50. The van der Waals surface area contributed by atoms with Crippen molar-refractivity contribution in [2.45, 2.75) is 43.4 Å². The Morgan fingerprint density at radius 2 is 1.12 bits per heavy atom. The van der Waals surface area contributed by atoms with Gasteiger partial charge in [-0.2, -0.15) is 15.3 Å². The summed E-state index contributed by atoms with van der Waals surface area (Å²) in [5, 5.41) is 14.7. The van der Waals surface area contributed by atoms with E-state index < -0.39 is 17.7 Å². The summed E-state index contributed by atoms with van der Waals surface area (Å²) in [4.78, 5) is 26.4. The largest absolute Gasteiger partial charge is 0.491 e. The van der Waals surface area contributed by atoms with Gasteiger partial charge in [-0.3, -0.25) is 0 Å². The van der Waals surface area contributed by atoms with Gasteiger partial charge in [0.15, 0.2) is 0 Å². The van der Waals surface area contributed by atoms with Crippen LogP contribution in [0.25, 0.3) is 5.69 Å². The van der Waals surface area contributed by atoms with E-state index in [1.54, 1.807) is 58.4 Å². The van der Waals surface area contributed by atoms with Crippen LogP contribution in [-0.4, -0.2) is 102 Å². The molecule has 3 fully saturated rings. The van der Waals surface area contributed by atoms with Gasteiger partial charge in [-0.15, -0.1) is 0 Å². The Kier molecular flexibility index (Phi) is 12.3. The zero-order valence-electron chi connectivity index (χ0n) is 34.6. The van der Waals surface area contributed by atoms with Crippen LogP contribution in [0.15, 0.2) is 121 Å². The second-order valence-corrected chi connectivity index (χ2v) is 17.5. The van der Waals surface area contributed by atoms with E-state index in [0.717, 1.165) is 43.3 Å². The molecule has 4 atom stereocenters. The van der Waals surface area contributed by atoms with Gasteiger partial charge in [0.2, 0.25) is 11.6 Å². The van der Waals surface area contributed by atoms with Gasteiger partial charge in [0.05, 0.1) is 35.5 Å². The smallest absolute Gasteiger partial charge is 0.350 e. The first-order chi connectivity index (χ1) is 31.6. The Balaban J connectivity index is 0.720. The number of piperazine rings is 1. The highest BCUT2D eigenvalue weighted by Gasteiger charge is 2.47. The third-order valence-corrected chi connectivity index (χ3v) is 12.7. The third kappa shape index (κ3) is 9.20. The number of benzene rings is 4. The fourth-order valence-electron chi connectivity index (χ4n) is 8.39. The average Bonchev–Trinajstić information content (AvgIpc) is 4.19. The number of rotatable bonds is 14. The zero-order chi connectivity index (χ0) is 44.5. The number of hydrogen-bond donors (Lipinski definition) is 0. The SMILES string of the molecule is O=c1n(-c2ccc(N3CCN(c4ccc(OC[C@@H]5CO[C@@](Cn6cncn6)(c6ccc(Cl)cc6Cl)O5)cc4)CC3)cc2)cnn1C[C@@H]1CO[C@@](Cn2cncn2)(c2ccc(Cl)cc2Cl)O1. The van der Waals surface area contributed by atoms with E-state index >= 15 is 0 Å². The van der Waals surface area contributed by atoms with Crippen LogP contribution in [0.1, 0.15) is 11.1 Å². The number of nitrogens with zero attached hydrogens (tertiary/aromatic N) is 11. The molecule has 3 aliphatic heterocycles. The van der Waals surface area contributed by atoms with E-state index in [1.807, 2.05) is 36.4 Å². The van der Waals surface area contributed by atoms with Gasteiger partial charge >= 0.3 is 5.69 Å². The molecule has 0 radical (unpaired) electrons. The molecular weight excluding hydrogens is 920 g/mol. The molecule has 10 rings (SSSR count). The molecule has 336 valence electrons. The lowest BCUT2D eigenvalue weighted by molar-refractivity contribution is -0.190. The van der Waals surface area contributed by atoms with Gasteiger partial charge in [0, 0.05) is 58.7 Å². The molecule has 0 spiro atoms. The predicted molar refractivity (Wildman–Crippen MR) is 242 cm³/mol. The van der Waals surface area contributed by atoms with Gasteiger partial charge in [0.1, 0.15) is 69.3 Å². The van der Waals surface area contributed by atoms with Crippen molar-refractivity contribution >= 4 is 57.8 Å². The Morgan fingerprint density at radius 1 is 0.615 bits per heavy atom. The van der Waals surface area contributed by atoms with Crippen molar-refractivity contribution in [3.8, 4) is 11.4 Å². The van der Waals surface area contributed by atoms with Crippen molar-refractivity contribution in [2.24, 2.45) is 0 Å². The summed E-state index contributed by atoms with van der Waals surface area (Å²) < 4.78 is 37.9. The van der Waals surface area contributed by atoms with Gasteiger partial charge in [-0.1, -0.05) is 58.5 Å². The maximum Gasteiger partial charge on any atom is 0.350 e. The molecule has 3 saturated heterocycles. The molecule has 4 aromatic carbocycles. The quantitative estimate of drug-likeness (QED) is 0.117. The molecule has 0 aliphatic carbocycles. The molecule has 7 aromatic rings. The molecule has 0 bridgehead atoms. The summed E-state index contributed by atoms with van der Waals surface area (Å²) in [5.74, 6) is -1.74. The molecule has 17 nitrogen and oxygen atoms in total. The van der Waals surface area contributed by atoms with Crippen LogP contribution >= 0.6 is 46.4 Å². The standard InChI is InChI=1S/C44H41Cl4N11O6/c45-30-1-11-38(40(47)17-30)43(23-56-27-49-25-51-56)62-21-36(64-43)19-59-42(60)58(29-53-59)34-5-3-32(4-6-34)54-13-15-55(16-14-54)33-7-9-35(10-8-33)61-20-37-22-63-44(65-37,24-57-28-50-26-52-57)39-12-2-31(46)18-41(39)48/h1-12,17-18,25-29,36-37H,13-16,19-24H2/t36-,37-,43-,44-/m1/s1. The summed E-state index contributed by atoms with van der Waals surface area (Å²) in [5.41, 5.74) is 3.82. The highest BCUT2D eigenvalue weighted by molar-refractivity contribution is 6.35. The van der Waals surface area contributed by atoms with Crippen molar-refractivity contribution in [1.29, 1.82) is 0 Å². The van der Waals surface area contributed by atoms with E-state index in [2.05, 4.69) is 47.2 Å². The molecule has 0 amide bonds. The number of aromatic nitrogens is 9. The molecule has 3 aliphatic rings. The summed E-state index contributed by atoms with van der Waals surface area (Å²) in [7, 11) is 0. The third-order valence-electron chi connectivity index (χ3n) is 11.6. The van der Waals surface area contributed by atoms with Crippen LogP contribution in [0, 0.1) is 0 Å². The first kappa shape index (κ1) is 43.4. The molecule has 0 N–H and O–H groups in total. The van der Waals surface area contributed by atoms with Gasteiger partial charge in [0.25, 0.3) is 0 Å². The highest BCUT2D eigenvalue weighted by Crippen LogP contribution is 2.42. The Labute approximate surface area is 392 Å². The minimum absolute atomic E-state index is 0.161. The van der Waals surface area contributed by atoms with E-state index in [4.69, 9.17) is 70.1 Å². The summed E-state index contributed by atoms with van der Waals surface area (Å²) >= 11 is 25.6. The highest BCUT2D eigenvalue weighted by atomic mass is 35.5. The lowest BCUT2D eigenvalue weighted by Gasteiger charge is -2.37. The number of ether oxygens (including phenoxy) is 5. The monoisotopic (exact) mass is 959 g/mol. The van der Waals surface area contributed by atoms with E-state index in [0.29, 0.717) is 43.5 Å². The number of hydrogen-bond acceptors (Lipinski definition) is 13. The lowest BCUT2D eigenvalue weighted by Crippen LogP contribution is -2.46. The molecule has 0 unspecified atom stereocenters. The van der Waals surface area contributed by atoms with E-state index in [1.165, 1.54) is 28.2 Å². The average molecular weight is 962 g/mol. The van der Waals surface area contributed by atoms with Crippen molar-refractivity contribution in [3.05, 3.63) is 158 Å². The van der Waals surface area contributed by atoms with Crippen LogP contribution in [0.3, 0.4) is 0 Å². The van der Waals surface area contributed by atoms with Crippen molar-refractivity contribution in [3.63, 3.8) is 0 Å². The molecule has 0 saturated carbocycles. The van der Waals surface area contributed by atoms with Crippen LogP contribution < -0.4 is 20.2 Å². The fourth-order valence-corrected chi connectivity index (χ4v) is 9.50. The molecular formula is C44H41Cl4N11O6.